The van der Waals surface area contributed by atoms with Crippen molar-refractivity contribution in [3.05, 3.63) is 59.3 Å². The minimum absolute atomic E-state index is 0.197. The first-order valence-corrected chi connectivity index (χ1v) is 10.5. The zero-order valence-electron chi connectivity index (χ0n) is 17.8. The van der Waals surface area contributed by atoms with Crippen LogP contribution in [0.5, 0.6) is 5.75 Å². The summed E-state index contributed by atoms with van der Waals surface area (Å²) in [7, 11) is 0. The Balaban J connectivity index is 1.68. The van der Waals surface area contributed by atoms with E-state index in [9.17, 15) is 18.0 Å². The highest BCUT2D eigenvalue weighted by Gasteiger charge is 2.23. The first kappa shape index (κ1) is 22.1. The van der Waals surface area contributed by atoms with E-state index < -0.39 is 29.3 Å². The lowest BCUT2D eigenvalue weighted by Crippen LogP contribution is -2.17. The first-order valence-electron chi connectivity index (χ1n) is 10.5. The Morgan fingerprint density at radius 2 is 2.00 bits per heavy atom. The summed E-state index contributed by atoms with van der Waals surface area (Å²) in [5.41, 5.74) is 0.567. The average molecular weight is 447 g/mol. The number of benzene rings is 1. The number of aromatic nitrogens is 2. The van der Waals surface area contributed by atoms with Gasteiger partial charge in [-0.3, -0.25) is 4.79 Å². The predicted octanol–water partition coefficient (Wildman–Crippen LogP) is 5.34. The SMILES string of the molecule is CC(C)Oc1cc2nc(C3CCOCC3)cn2cc1NC(=O)c1cccc(C(F)F)c1F. The van der Waals surface area contributed by atoms with Crippen LogP contribution in [0.3, 0.4) is 0 Å². The van der Waals surface area contributed by atoms with Crippen LogP contribution in [0, 0.1) is 5.82 Å². The second kappa shape index (κ2) is 9.20. The van der Waals surface area contributed by atoms with Crippen LogP contribution < -0.4 is 10.1 Å². The summed E-state index contributed by atoms with van der Waals surface area (Å²) in [4.78, 5) is 17.4. The Kier molecular flexibility index (Phi) is 6.36. The van der Waals surface area contributed by atoms with Gasteiger partial charge in [0.1, 0.15) is 22.9 Å². The van der Waals surface area contributed by atoms with Crippen LogP contribution in [0.1, 0.15) is 60.6 Å². The lowest BCUT2D eigenvalue weighted by molar-refractivity contribution is 0.0846. The summed E-state index contributed by atoms with van der Waals surface area (Å²) in [6, 6.07) is 5.05. The Bertz CT molecular complexity index is 1120. The molecule has 0 aliphatic carbocycles. The minimum atomic E-state index is -3.02. The van der Waals surface area contributed by atoms with Crippen molar-refractivity contribution < 1.29 is 27.4 Å². The average Bonchev–Trinajstić information content (AvgIpc) is 3.17. The third kappa shape index (κ3) is 4.57. The quantitative estimate of drug-likeness (QED) is 0.554. The van der Waals surface area contributed by atoms with Crippen molar-refractivity contribution in [3.8, 4) is 5.75 Å². The van der Waals surface area contributed by atoms with E-state index in [2.05, 4.69) is 5.32 Å². The van der Waals surface area contributed by atoms with E-state index in [1.54, 1.807) is 16.7 Å². The number of hydrogen-bond donors (Lipinski definition) is 1. The molecule has 1 fully saturated rings. The number of hydrogen-bond acceptors (Lipinski definition) is 4. The third-order valence-corrected chi connectivity index (χ3v) is 5.33. The summed E-state index contributed by atoms with van der Waals surface area (Å²) >= 11 is 0. The fourth-order valence-electron chi connectivity index (χ4n) is 3.75. The molecule has 6 nitrogen and oxygen atoms in total. The lowest BCUT2D eigenvalue weighted by Gasteiger charge is -2.19. The maximum absolute atomic E-state index is 14.5. The van der Waals surface area contributed by atoms with Gasteiger partial charge in [0.05, 0.1) is 22.9 Å². The van der Waals surface area contributed by atoms with Crippen molar-refractivity contribution in [3.63, 3.8) is 0 Å². The van der Waals surface area contributed by atoms with Crippen LogP contribution in [0.25, 0.3) is 5.65 Å². The number of halogens is 3. The minimum Gasteiger partial charge on any atom is -0.489 e. The number of nitrogens with zero attached hydrogens (tertiary/aromatic N) is 2. The number of carbonyl (C=O) groups excluding carboxylic acids is 1. The normalized spacial score (nSPS) is 15.0. The maximum Gasteiger partial charge on any atom is 0.266 e. The molecular weight excluding hydrogens is 423 g/mol. The molecule has 3 heterocycles. The number of amides is 1. The zero-order valence-corrected chi connectivity index (χ0v) is 17.8. The van der Waals surface area contributed by atoms with Crippen LogP contribution in [-0.4, -0.2) is 34.6 Å². The number of fused-ring (bicyclic) bond motifs is 1. The van der Waals surface area contributed by atoms with Crippen molar-refractivity contribution in [2.24, 2.45) is 0 Å². The first-order chi connectivity index (χ1) is 15.3. The molecule has 0 bridgehead atoms. The van der Waals surface area contributed by atoms with Crippen molar-refractivity contribution in [1.29, 1.82) is 0 Å². The van der Waals surface area contributed by atoms with Gasteiger partial charge < -0.3 is 19.2 Å². The van der Waals surface area contributed by atoms with Crippen LogP contribution >= 0.6 is 0 Å². The molecule has 2 aromatic heterocycles. The van der Waals surface area contributed by atoms with Crippen LogP contribution in [0.15, 0.2) is 36.7 Å². The molecule has 32 heavy (non-hydrogen) atoms. The van der Waals surface area contributed by atoms with Crippen molar-refractivity contribution >= 4 is 17.2 Å². The Labute approximate surface area is 183 Å². The highest BCUT2D eigenvalue weighted by atomic mass is 19.3. The fourth-order valence-corrected chi connectivity index (χ4v) is 3.75. The van der Waals surface area contributed by atoms with E-state index in [4.69, 9.17) is 14.5 Å². The molecule has 0 spiro atoms. The van der Waals surface area contributed by atoms with Gasteiger partial charge in [-0.25, -0.2) is 18.2 Å². The standard InChI is InChI=1S/C23H24F3N3O3/c1-13(2)32-19-10-20-27-17(14-6-8-31-9-7-14)11-29(20)12-18(19)28-23(30)16-5-3-4-15(21(16)24)22(25)26/h3-5,10-14,22H,6-9H2,1-2H3,(H,28,30). The second-order valence-electron chi connectivity index (χ2n) is 8.00. The fraction of sp³-hybridized carbons (Fsp3) is 0.391. The molecule has 3 aromatic rings. The van der Waals surface area contributed by atoms with Gasteiger partial charge in [0.15, 0.2) is 0 Å². The molecule has 170 valence electrons. The number of pyridine rings is 1. The van der Waals surface area contributed by atoms with Crippen LogP contribution in [0.4, 0.5) is 18.9 Å². The van der Waals surface area contributed by atoms with Gasteiger partial charge in [0.2, 0.25) is 0 Å². The molecule has 1 aliphatic heterocycles. The number of imidazole rings is 1. The molecular formula is C23H24F3N3O3. The van der Waals surface area contributed by atoms with Crippen LogP contribution in [-0.2, 0) is 4.74 Å². The molecule has 0 atom stereocenters. The third-order valence-electron chi connectivity index (χ3n) is 5.33. The Morgan fingerprint density at radius 3 is 2.69 bits per heavy atom. The van der Waals surface area contributed by atoms with Gasteiger partial charge in [0, 0.05) is 37.6 Å². The van der Waals surface area contributed by atoms with E-state index in [0.29, 0.717) is 24.6 Å². The Morgan fingerprint density at radius 1 is 1.25 bits per heavy atom. The maximum atomic E-state index is 14.5. The molecule has 0 unspecified atom stereocenters. The molecule has 4 rings (SSSR count). The van der Waals surface area contributed by atoms with E-state index in [-0.39, 0.29) is 17.7 Å². The summed E-state index contributed by atoms with van der Waals surface area (Å²) in [5, 5.41) is 2.60. The highest BCUT2D eigenvalue weighted by Crippen LogP contribution is 2.32. The largest absolute Gasteiger partial charge is 0.489 e. The van der Waals surface area contributed by atoms with Crippen LogP contribution in [0.2, 0.25) is 0 Å². The molecule has 0 saturated carbocycles. The highest BCUT2D eigenvalue weighted by molar-refractivity contribution is 6.05. The van der Waals surface area contributed by atoms with Crippen molar-refractivity contribution in [2.45, 2.75) is 45.1 Å². The number of carbonyl (C=O) groups is 1. The topological polar surface area (TPSA) is 64.9 Å². The lowest BCUT2D eigenvalue weighted by atomic mass is 9.97. The smallest absolute Gasteiger partial charge is 0.266 e. The zero-order chi connectivity index (χ0) is 22.8. The summed E-state index contributed by atoms with van der Waals surface area (Å²) in [6.45, 7) is 5.04. The van der Waals surface area contributed by atoms with Gasteiger partial charge in [-0.1, -0.05) is 12.1 Å². The Hall–Kier alpha value is -3.07. The number of alkyl halides is 2. The monoisotopic (exact) mass is 447 g/mol. The van der Waals surface area contributed by atoms with Gasteiger partial charge in [-0.2, -0.15) is 0 Å². The number of ether oxygens (including phenoxy) is 2. The summed E-state index contributed by atoms with van der Waals surface area (Å²) in [6.07, 6.45) is 2.06. The number of rotatable bonds is 6. The molecule has 0 radical (unpaired) electrons. The van der Waals surface area contributed by atoms with Gasteiger partial charge in [0.25, 0.3) is 12.3 Å². The van der Waals surface area contributed by atoms with E-state index >= 15 is 0 Å². The molecule has 1 amide bonds. The van der Waals surface area contributed by atoms with Gasteiger partial charge in [-0.05, 0) is 32.8 Å². The van der Waals surface area contributed by atoms with E-state index in [1.165, 1.54) is 12.1 Å². The molecule has 1 N–H and O–H groups in total. The molecule has 9 heteroatoms. The number of anilines is 1. The van der Waals surface area contributed by atoms with Gasteiger partial charge in [-0.15, -0.1) is 0 Å². The molecule has 1 aromatic carbocycles. The van der Waals surface area contributed by atoms with Crippen molar-refractivity contribution in [1.82, 2.24) is 9.38 Å². The second-order valence-corrected chi connectivity index (χ2v) is 8.00. The molecule has 1 saturated heterocycles. The van der Waals surface area contributed by atoms with Crippen molar-refractivity contribution in [2.75, 3.05) is 18.5 Å². The number of nitrogens with one attached hydrogen (secondary N) is 1. The van der Waals surface area contributed by atoms with E-state index in [1.807, 2.05) is 20.0 Å². The summed E-state index contributed by atoms with van der Waals surface area (Å²) in [5.74, 6) is -1.45. The van der Waals surface area contributed by atoms with Gasteiger partial charge >= 0.3 is 0 Å². The van der Waals surface area contributed by atoms with E-state index in [0.717, 1.165) is 24.6 Å². The molecule has 1 aliphatic rings. The summed E-state index contributed by atoms with van der Waals surface area (Å²) < 4.78 is 53.5. The predicted molar refractivity (Wildman–Crippen MR) is 113 cm³/mol.